The largest absolute Gasteiger partial charge is 0.295 e. The summed E-state index contributed by atoms with van der Waals surface area (Å²) in [5.74, 6) is 0.420. The molecule has 0 N–H and O–H groups in total. The van der Waals surface area contributed by atoms with Gasteiger partial charge in [0.1, 0.15) is 0 Å². The highest BCUT2D eigenvalue weighted by atomic mass is 16.1. The number of fused-ring (bicyclic) bond motifs is 1. The van der Waals surface area contributed by atoms with Crippen LogP contribution in [0.3, 0.4) is 0 Å². The first-order chi connectivity index (χ1) is 5.72. The van der Waals surface area contributed by atoms with Gasteiger partial charge in [-0.15, -0.1) is 0 Å². The maximum atomic E-state index is 11.6. The lowest BCUT2D eigenvalue weighted by Crippen LogP contribution is -2.31. The lowest BCUT2D eigenvalue weighted by atomic mass is 9.66. The van der Waals surface area contributed by atoms with Crippen LogP contribution in [-0.4, -0.2) is 5.78 Å². The summed E-state index contributed by atoms with van der Waals surface area (Å²) in [6.07, 6.45) is 8.93. The zero-order chi connectivity index (χ0) is 8.60. The maximum Gasteiger partial charge on any atom is 0.159 e. The first kappa shape index (κ1) is 8.03. The minimum absolute atomic E-state index is 0.258. The van der Waals surface area contributed by atoms with Crippen LogP contribution in [0, 0.1) is 5.41 Å². The number of carbonyl (C=O) groups is 1. The zero-order valence-corrected chi connectivity index (χ0v) is 7.73. The Morgan fingerprint density at radius 3 is 2.83 bits per heavy atom. The Kier molecular flexibility index (Phi) is 1.82. The molecule has 0 unspecified atom stereocenters. The quantitative estimate of drug-likeness (QED) is 0.538. The SMILES string of the molecule is C[C@@]12CCCC=C1C(=O)CCC2. The molecule has 1 fully saturated rings. The van der Waals surface area contributed by atoms with E-state index in [1.54, 1.807) is 0 Å². The van der Waals surface area contributed by atoms with Crippen molar-refractivity contribution in [2.45, 2.75) is 45.4 Å². The molecule has 1 atom stereocenters. The van der Waals surface area contributed by atoms with E-state index in [4.69, 9.17) is 0 Å². The molecule has 0 radical (unpaired) electrons. The molecule has 0 heterocycles. The Morgan fingerprint density at radius 2 is 2.08 bits per heavy atom. The standard InChI is InChI=1S/C11H16O/c1-11-7-3-2-5-9(11)10(12)6-4-8-11/h5H,2-4,6-8H2,1H3/t11-/m0/s1. The van der Waals surface area contributed by atoms with Gasteiger partial charge in [0.25, 0.3) is 0 Å². The number of rotatable bonds is 0. The van der Waals surface area contributed by atoms with Crippen molar-refractivity contribution >= 4 is 5.78 Å². The average molecular weight is 164 g/mol. The van der Waals surface area contributed by atoms with Gasteiger partial charge in [0.2, 0.25) is 0 Å². The van der Waals surface area contributed by atoms with Crippen molar-refractivity contribution in [3.05, 3.63) is 11.6 Å². The van der Waals surface area contributed by atoms with E-state index < -0.39 is 0 Å². The van der Waals surface area contributed by atoms with Crippen molar-refractivity contribution < 1.29 is 4.79 Å². The molecule has 0 saturated heterocycles. The average Bonchev–Trinajstić information content (AvgIpc) is 2.04. The number of allylic oxidation sites excluding steroid dienone is 2. The number of Topliss-reactive ketones (excluding diaryl/α,β-unsaturated/α-hetero) is 1. The Labute approximate surface area is 73.8 Å². The molecule has 0 aromatic rings. The molecule has 2 aliphatic rings. The minimum Gasteiger partial charge on any atom is -0.295 e. The number of hydrogen-bond donors (Lipinski definition) is 0. The summed E-state index contributed by atoms with van der Waals surface area (Å²) < 4.78 is 0. The third kappa shape index (κ3) is 1.12. The second-order valence-corrected chi connectivity index (χ2v) is 4.35. The fourth-order valence-corrected chi connectivity index (χ4v) is 2.60. The van der Waals surface area contributed by atoms with Crippen LogP contribution in [0.1, 0.15) is 45.4 Å². The van der Waals surface area contributed by atoms with Gasteiger partial charge in [-0.2, -0.15) is 0 Å². The van der Waals surface area contributed by atoms with E-state index in [0.29, 0.717) is 5.78 Å². The molecule has 0 amide bonds. The van der Waals surface area contributed by atoms with Crippen LogP contribution >= 0.6 is 0 Å². The van der Waals surface area contributed by atoms with Gasteiger partial charge >= 0.3 is 0 Å². The molecule has 0 aromatic carbocycles. The van der Waals surface area contributed by atoms with Gasteiger partial charge in [0.05, 0.1) is 0 Å². The van der Waals surface area contributed by atoms with Crippen LogP contribution in [0.5, 0.6) is 0 Å². The molecule has 1 heteroatoms. The van der Waals surface area contributed by atoms with Crippen molar-refractivity contribution in [3.63, 3.8) is 0 Å². The summed E-state index contributed by atoms with van der Waals surface area (Å²) >= 11 is 0. The van der Waals surface area contributed by atoms with E-state index in [9.17, 15) is 4.79 Å². The van der Waals surface area contributed by atoms with Crippen molar-refractivity contribution in [1.82, 2.24) is 0 Å². The summed E-state index contributed by atoms with van der Waals surface area (Å²) in [7, 11) is 0. The molecule has 12 heavy (non-hydrogen) atoms. The van der Waals surface area contributed by atoms with Gasteiger partial charge in [0, 0.05) is 6.42 Å². The van der Waals surface area contributed by atoms with E-state index in [1.807, 2.05) is 0 Å². The molecule has 0 aromatic heterocycles. The lowest BCUT2D eigenvalue weighted by Gasteiger charge is -2.38. The second-order valence-electron chi connectivity index (χ2n) is 4.35. The molecule has 0 spiro atoms. The van der Waals surface area contributed by atoms with Crippen molar-refractivity contribution in [2.75, 3.05) is 0 Å². The van der Waals surface area contributed by atoms with Crippen LogP contribution in [-0.2, 0) is 4.79 Å². The highest BCUT2D eigenvalue weighted by molar-refractivity contribution is 5.97. The van der Waals surface area contributed by atoms with Gasteiger partial charge < -0.3 is 0 Å². The fraction of sp³-hybridized carbons (Fsp3) is 0.727. The van der Waals surface area contributed by atoms with Gasteiger partial charge in [-0.25, -0.2) is 0 Å². The first-order valence-corrected chi connectivity index (χ1v) is 4.96. The van der Waals surface area contributed by atoms with Gasteiger partial charge in [-0.3, -0.25) is 4.79 Å². The summed E-state index contributed by atoms with van der Waals surface area (Å²) in [5, 5.41) is 0. The summed E-state index contributed by atoms with van der Waals surface area (Å²) in [6.45, 7) is 2.26. The molecule has 0 bridgehead atoms. The second kappa shape index (κ2) is 2.72. The number of ketones is 1. The van der Waals surface area contributed by atoms with Crippen molar-refractivity contribution in [1.29, 1.82) is 0 Å². The predicted octanol–water partition coefficient (Wildman–Crippen LogP) is 2.86. The smallest absolute Gasteiger partial charge is 0.159 e. The first-order valence-electron chi connectivity index (χ1n) is 4.96. The van der Waals surface area contributed by atoms with Crippen LogP contribution < -0.4 is 0 Å². The predicted molar refractivity (Wildman–Crippen MR) is 48.9 cm³/mol. The van der Waals surface area contributed by atoms with Crippen LogP contribution in [0.15, 0.2) is 11.6 Å². The Bertz CT molecular complexity index is 239. The van der Waals surface area contributed by atoms with E-state index in [1.165, 1.54) is 19.3 Å². The Balaban J connectivity index is 2.33. The van der Waals surface area contributed by atoms with Crippen LogP contribution in [0.2, 0.25) is 0 Å². The van der Waals surface area contributed by atoms with Crippen LogP contribution in [0.25, 0.3) is 0 Å². The van der Waals surface area contributed by atoms with E-state index in [2.05, 4.69) is 13.0 Å². The molecule has 2 rings (SSSR count). The molecular weight excluding hydrogens is 148 g/mol. The Hall–Kier alpha value is -0.590. The maximum absolute atomic E-state index is 11.6. The van der Waals surface area contributed by atoms with Crippen LogP contribution in [0.4, 0.5) is 0 Å². The molecule has 1 saturated carbocycles. The topological polar surface area (TPSA) is 17.1 Å². The van der Waals surface area contributed by atoms with Crippen molar-refractivity contribution in [3.8, 4) is 0 Å². The molecule has 2 aliphatic carbocycles. The number of hydrogen-bond acceptors (Lipinski definition) is 1. The van der Waals surface area contributed by atoms with Gasteiger partial charge in [-0.05, 0) is 43.1 Å². The minimum atomic E-state index is 0.258. The Morgan fingerprint density at radius 1 is 1.33 bits per heavy atom. The van der Waals surface area contributed by atoms with E-state index in [0.717, 1.165) is 24.8 Å². The fourth-order valence-electron chi connectivity index (χ4n) is 2.60. The summed E-state index contributed by atoms with van der Waals surface area (Å²) in [6, 6.07) is 0. The summed E-state index contributed by atoms with van der Waals surface area (Å²) in [4.78, 5) is 11.6. The van der Waals surface area contributed by atoms with E-state index >= 15 is 0 Å². The molecular formula is C11H16O. The van der Waals surface area contributed by atoms with Gasteiger partial charge in [0.15, 0.2) is 5.78 Å². The third-order valence-corrected chi connectivity index (χ3v) is 3.36. The van der Waals surface area contributed by atoms with E-state index in [-0.39, 0.29) is 5.41 Å². The zero-order valence-electron chi connectivity index (χ0n) is 7.73. The highest BCUT2D eigenvalue weighted by Gasteiger charge is 2.37. The lowest BCUT2D eigenvalue weighted by molar-refractivity contribution is -0.118. The molecule has 1 nitrogen and oxygen atoms in total. The number of carbonyl (C=O) groups excluding carboxylic acids is 1. The molecule has 0 aliphatic heterocycles. The normalized spacial score (nSPS) is 35.8. The third-order valence-electron chi connectivity index (χ3n) is 3.36. The monoisotopic (exact) mass is 164 g/mol. The molecule has 66 valence electrons. The summed E-state index contributed by atoms with van der Waals surface area (Å²) in [5.41, 5.74) is 1.41. The highest BCUT2D eigenvalue weighted by Crippen LogP contribution is 2.45. The van der Waals surface area contributed by atoms with Crippen molar-refractivity contribution in [2.24, 2.45) is 5.41 Å². The van der Waals surface area contributed by atoms with Gasteiger partial charge in [-0.1, -0.05) is 13.0 Å².